The summed E-state index contributed by atoms with van der Waals surface area (Å²) in [5.74, 6) is 0. The SMILES string of the molecule is CCOCCNCCn1ccn(C(C)C)c1=O. The summed E-state index contributed by atoms with van der Waals surface area (Å²) in [5.41, 5.74) is 0.0617. The third kappa shape index (κ3) is 4.36. The minimum Gasteiger partial charge on any atom is -0.380 e. The number of nitrogens with one attached hydrogen (secondary N) is 1. The van der Waals surface area contributed by atoms with Gasteiger partial charge in [0.1, 0.15) is 0 Å². The van der Waals surface area contributed by atoms with E-state index in [2.05, 4.69) is 5.32 Å². The Labute approximate surface area is 102 Å². The smallest absolute Gasteiger partial charge is 0.328 e. The number of aromatic nitrogens is 2. The van der Waals surface area contributed by atoms with Crippen LogP contribution in [-0.4, -0.2) is 35.4 Å². The highest BCUT2D eigenvalue weighted by atomic mass is 16.5. The van der Waals surface area contributed by atoms with E-state index in [1.54, 1.807) is 9.13 Å². The Balaban J connectivity index is 2.30. The Morgan fingerprint density at radius 3 is 2.71 bits per heavy atom. The van der Waals surface area contributed by atoms with Crippen molar-refractivity contribution in [2.45, 2.75) is 33.4 Å². The normalized spacial score (nSPS) is 11.3. The van der Waals surface area contributed by atoms with Crippen molar-refractivity contribution in [3.8, 4) is 0 Å². The Morgan fingerprint density at radius 2 is 2.12 bits per heavy atom. The summed E-state index contributed by atoms with van der Waals surface area (Å²) in [6, 6.07) is 0.217. The monoisotopic (exact) mass is 241 g/mol. The van der Waals surface area contributed by atoms with Gasteiger partial charge in [0.2, 0.25) is 0 Å². The molecule has 0 aliphatic rings. The van der Waals surface area contributed by atoms with Gasteiger partial charge in [-0.2, -0.15) is 0 Å². The molecule has 0 amide bonds. The Morgan fingerprint density at radius 1 is 1.35 bits per heavy atom. The van der Waals surface area contributed by atoms with Crippen molar-refractivity contribution >= 4 is 0 Å². The number of imidazole rings is 1. The molecule has 0 aliphatic carbocycles. The summed E-state index contributed by atoms with van der Waals surface area (Å²) < 4.78 is 8.68. The van der Waals surface area contributed by atoms with Crippen molar-refractivity contribution in [2.75, 3.05) is 26.3 Å². The topological polar surface area (TPSA) is 48.2 Å². The molecule has 0 atom stereocenters. The molecule has 0 bridgehead atoms. The largest absolute Gasteiger partial charge is 0.380 e. The van der Waals surface area contributed by atoms with Gasteiger partial charge < -0.3 is 10.1 Å². The maximum absolute atomic E-state index is 11.9. The number of ether oxygens (including phenoxy) is 1. The lowest BCUT2D eigenvalue weighted by Gasteiger charge is -2.06. The van der Waals surface area contributed by atoms with Crippen LogP contribution >= 0.6 is 0 Å². The average Bonchev–Trinajstić information content (AvgIpc) is 2.65. The van der Waals surface area contributed by atoms with E-state index >= 15 is 0 Å². The van der Waals surface area contributed by atoms with E-state index in [1.165, 1.54) is 0 Å². The summed E-state index contributed by atoms with van der Waals surface area (Å²) >= 11 is 0. The van der Waals surface area contributed by atoms with E-state index in [0.29, 0.717) is 6.54 Å². The number of rotatable bonds is 8. The molecule has 1 heterocycles. The molecule has 0 aromatic carbocycles. The van der Waals surface area contributed by atoms with Crippen molar-refractivity contribution in [1.82, 2.24) is 14.5 Å². The molecule has 1 N–H and O–H groups in total. The first-order valence-corrected chi connectivity index (χ1v) is 6.22. The molecular weight excluding hydrogens is 218 g/mol. The quantitative estimate of drug-likeness (QED) is 0.687. The fourth-order valence-corrected chi connectivity index (χ4v) is 1.60. The molecule has 0 aliphatic heterocycles. The Kier molecular flexibility index (Phi) is 6.00. The van der Waals surface area contributed by atoms with Crippen LogP contribution in [0.15, 0.2) is 17.2 Å². The second-order valence-corrected chi connectivity index (χ2v) is 4.22. The van der Waals surface area contributed by atoms with Crippen molar-refractivity contribution in [3.63, 3.8) is 0 Å². The minimum absolute atomic E-state index is 0.0617. The highest BCUT2D eigenvalue weighted by molar-refractivity contribution is 4.83. The molecular formula is C12H23N3O2. The second-order valence-electron chi connectivity index (χ2n) is 4.22. The highest BCUT2D eigenvalue weighted by Crippen LogP contribution is 1.98. The fraction of sp³-hybridized carbons (Fsp3) is 0.750. The van der Waals surface area contributed by atoms with Crippen LogP contribution in [0.5, 0.6) is 0 Å². The predicted molar refractivity (Wildman–Crippen MR) is 68.4 cm³/mol. The van der Waals surface area contributed by atoms with Gasteiger partial charge in [0.25, 0.3) is 0 Å². The first kappa shape index (κ1) is 14.0. The van der Waals surface area contributed by atoms with Gasteiger partial charge in [-0.25, -0.2) is 4.79 Å². The Hall–Kier alpha value is -1.07. The zero-order valence-electron chi connectivity index (χ0n) is 11.0. The van der Waals surface area contributed by atoms with E-state index in [1.807, 2.05) is 33.2 Å². The molecule has 0 saturated heterocycles. The van der Waals surface area contributed by atoms with Crippen molar-refractivity contribution in [1.29, 1.82) is 0 Å². The molecule has 1 rings (SSSR count). The van der Waals surface area contributed by atoms with Crippen molar-refractivity contribution in [3.05, 3.63) is 22.9 Å². The van der Waals surface area contributed by atoms with E-state index in [0.717, 1.165) is 26.3 Å². The predicted octanol–water partition coefficient (Wildman–Crippen LogP) is 0.857. The summed E-state index contributed by atoms with van der Waals surface area (Å²) in [4.78, 5) is 11.9. The molecule has 1 aromatic rings. The second kappa shape index (κ2) is 7.29. The lowest BCUT2D eigenvalue weighted by atomic mass is 10.4. The van der Waals surface area contributed by atoms with Crippen LogP contribution in [0.25, 0.3) is 0 Å². The van der Waals surface area contributed by atoms with Gasteiger partial charge in [-0.15, -0.1) is 0 Å². The van der Waals surface area contributed by atoms with Crippen LogP contribution in [0, 0.1) is 0 Å². The minimum atomic E-state index is 0.0617. The molecule has 0 radical (unpaired) electrons. The molecule has 0 spiro atoms. The van der Waals surface area contributed by atoms with Crippen LogP contribution < -0.4 is 11.0 Å². The van der Waals surface area contributed by atoms with E-state index in [9.17, 15) is 4.79 Å². The third-order valence-corrected chi connectivity index (χ3v) is 2.59. The zero-order chi connectivity index (χ0) is 12.7. The molecule has 0 unspecified atom stereocenters. The first-order valence-electron chi connectivity index (χ1n) is 6.22. The first-order chi connectivity index (χ1) is 8.16. The fourth-order valence-electron chi connectivity index (χ4n) is 1.60. The van der Waals surface area contributed by atoms with Crippen molar-refractivity contribution in [2.24, 2.45) is 0 Å². The lowest BCUT2D eigenvalue weighted by Crippen LogP contribution is -2.30. The lowest BCUT2D eigenvalue weighted by molar-refractivity contribution is 0.149. The van der Waals surface area contributed by atoms with E-state index < -0.39 is 0 Å². The summed E-state index contributed by atoms with van der Waals surface area (Å²) in [7, 11) is 0. The highest BCUT2D eigenvalue weighted by Gasteiger charge is 2.04. The number of nitrogens with zero attached hydrogens (tertiary/aromatic N) is 2. The summed E-state index contributed by atoms with van der Waals surface area (Å²) in [6.45, 7) is 9.77. The molecule has 98 valence electrons. The molecule has 0 saturated carbocycles. The van der Waals surface area contributed by atoms with Gasteiger partial charge in [-0.05, 0) is 20.8 Å². The van der Waals surface area contributed by atoms with Gasteiger partial charge >= 0.3 is 5.69 Å². The molecule has 0 fully saturated rings. The van der Waals surface area contributed by atoms with Crippen LogP contribution in [0.3, 0.4) is 0 Å². The van der Waals surface area contributed by atoms with Crippen LogP contribution in [0.2, 0.25) is 0 Å². The van der Waals surface area contributed by atoms with Gasteiger partial charge in [0.05, 0.1) is 6.61 Å². The number of hydrogen-bond donors (Lipinski definition) is 1. The van der Waals surface area contributed by atoms with Gasteiger partial charge in [0.15, 0.2) is 0 Å². The maximum atomic E-state index is 11.9. The van der Waals surface area contributed by atoms with Crippen LogP contribution in [0.1, 0.15) is 26.8 Å². The molecule has 5 nitrogen and oxygen atoms in total. The summed E-state index contributed by atoms with van der Waals surface area (Å²) in [6.07, 6.45) is 3.68. The summed E-state index contributed by atoms with van der Waals surface area (Å²) in [5, 5.41) is 3.24. The van der Waals surface area contributed by atoms with E-state index in [4.69, 9.17) is 4.74 Å². The number of hydrogen-bond acceptors (Lipinski definition) is 3. The average molecular weight is 241 g/mol. The van der Waals surface area contributed by atoms with E-state index in [-0.39, 0.29) is 11.7 Å². The Bertz CT molecular complexity index is 368. The van der Waals surface area contributed by atoms with Crippen LogP contribution in [0.4, 0.5) is 0 Å². The maximum Gasteiger partial charge on any atom is 0.328 e. The van der Waals surface area contributed by atoms with Gasteiger partial charge in [0, 0.05) is 44.7 Å². The molecule has 17 heavy (non-hydrogen) atoms. The standard InChI is InChI=1S/C12H23N3O2/c1-4-17-10-6-13-5-7-14-8-9-15(11(2)3)12(14)16/h8-9,11,13H,4-7,10H2,1-3H3. The zero-order valence-corrected chi connectivity index (χ0v) is 11.0. The van der Waals surface area contributed by atoms with Crippen LogP contribution in [-0.2, 0) is 11.3 Å². The third-order valence-electron chi connectivity index (χ3n) is 2.59. The van der Waals surface area contributed by atoms with Gasteiger partial charge in [-0.1, -0.05) is 0 Å². The molecule has 1 aromatic heterocycles. The van der Waals surface area contributed by atoms with Crippen molar-refractivity contribution < 1.29 is 4.74 Å². The molecule has 5 heteroatoms. The van der Waals surface area contributed by atoms with Gasteiger partial charge in [-0.3, -0.25) is 9.13 Å².